The predicted octanol–water partition coefficient (Wildman–Crippen LogP) is 2.57. The van der Waals surface area contributed by atoms with Gasteiger partial charge in [0.25, 0.3) is 0 Å². The van der Waals surface area contributed by atoms with Gasteiger partial charge in [-0.05, 0) is 26.0 Å². The third kappa shape index (κ3) is 4.37. The van der Waals surface area contributed by atoms with Crippen LogP contribution in [-0.2, 0) is 17.7 Å². The lowest BCUT2D eigenvalue weighted by molar-refractivity contribution is 0.149. The van der Waals surface area contributed by atoms with E-state index in [1.165, 1.54) is 5.56 Å². The first-order valence-corrected chi connectivity index (χ1v) is 6.47. The van der Waals surface area contributed by atoms with E-state index in [2.05, 4.69) is 34.5 Å². The number of aryl methyl sites for hydroxylation is 1. The van der Waals surface area contributed by atoms with Gasteiger partial charge in [-0.3, -0.25) is 0 Å². The minimum atomic E-state index is 0.532. The van der Waals surface area contributed by atoms with E-state index in [0.717, 1.165) is 5.69 Å². The van der Waals surface area contributed by atoms with E-state index < -0.39 is 0 Å². The SMILES string of the molecule is CCOCCc1noc(CNc2ccc(C)cc2)n1. The molecule has 0 amide bonds. The molecule has 2 aromatic rings. The van der Waals surface area contributed by atoms with E-state index in [9.17, 15) is 0 Å². The summed E-state index contributed by atoms with van der Waals surface area (Å²) in [7, 11) is 0. The zero-order valence-electron chi connectivity index (χ0n) is 11.3. The summed E-state index contributed by atoms with van der Waals surface area (Å²) >= 11 is 0. The third-order valence-corrected chi connectivity index (χ3v) is 2.68. The van der Waals surface area contributed by atoms with Gasteiger partial charge in [-0.1, -0.05) is 22.9 Å². The van der Waals surface area contributed by atoms with Crippen LogP contribution in [0, 0.1) is 6.92 Å². The number of rotatable bonds is 7. The molecule has 1 aromatic heterocycles. The van der Waals surface area contributed by atoms with Crippen molar-refractivity contribution in [3.63, 3.8) is 0 Å². The molecule has 102 valence electrons. The summed E-state index contributed by atoms with van der Waals surface area (Å²) in [4.78, 5) is 4.29. The van der Waals surface area contributed by atoms with Gasteiger partial charge in [0.1, 0.15) is 0 Å². The van der Waals surface area contributed by atoms with Gasteiger partial charge in [0.15, 0.2) is 5.82 Å². The third-order valence-electron chi connectivity index (χ3n) is 2.68. The number of nitrogens with zero attached hydrogens (tertiary/aromatic N) is 2. The fourth-order valence-electron chi connectivity index (χ4n) is 1.62. The molecule has 0 atom stereocenters. The minimum absolute atomic E-state index is 0.532. The van der Waals surface area contributed by atoms with E-state index in [1.54, 1.807) is 0 Å². The van der Waals surface area contributed by atoms with Crippen molar-refractivity contribution in [2.75, 3.05) is 18.5 Å². The van der Waals surface area contributed by atoms with E-state index in [-0.39, 0.29) is 0 Å². The number of aromatic nitrogens is 2. The molecule has 2 rings (SSSR count). The summed E-state index contributed by atoms with van der Waals surface area (Å²) in [5, 5.41) is 7.15. The molecule has 19 heavy (non-hydrogen) atoms. The van der Waals surface area contributed by atoms with Gasteiger partial charge in [0.2, 0.25) is 5.89 Å². The first-order chi connectivity index (χ1) is 9.28. The highest BCUT2D eigenvalue weighted by Crippen LogP contribution is 2.10. The molecule has 0 aliphatic rings. The zero-order valence-corrected chi connectivity index (χ0v) is 11.3. The van der Waals surface area contributed by atoms with E-state index in [1.807, 2.05) is 19.1 Å². The molecule has 0 saturated heterocycles. The lowest BCUT2D eigenvalue weighted by Crippen LogP contribution is -2.01. The molecule has 5 nitrogen and oxygen atoms in total. The van der Waals surface area contributed by atoms with Crippen LogP contribution in [0.2, 0.25) is 0 Å². The summed E-state index contributed by atoms with van der Waals surface area (Å²) in [6.45, 7) is 5.89. The average molecular weight is 261 g/mol. The van der Waals surface area contributed by atoms with Crippen molar-refractivity contribution in [1.82, 2.24) is 10.1 Å². The molecule has 0 unspecified atom stereocenters. The van der Waals surface area contributed by atoms with Crippen LogP contribution in [-0.4, -0.2) is 23.4 Å². The normalized spacial score (nSPS) is 10.6. The Bertz CT molecular complexity index is 494. The molecule has 0 radical (unpaired) electrons. The Morgan fingerprint density at radius 2 is 2.05 bits per heavy atom. The maximum Gasteiger partial charge on any atom is 0.245 e. The van der Waals surface area contributed by atoms with Gasteiger partial charge in [-0.25, -0.2) is 0 Å². The van der Waals surface area contributed by atoms with Gasteiger partial charge in [-0.2, -0.15) is 4.98 Å². The summed E-state index contributed by atoms with van der Waals surface area (Å²) in [5.41, 5.74) is 2.28. The Morgan fingerprint density at radius 1 is 1.26 bits per heavy atom. The molecular weight excluding hydrogens is 242 g/mol. The van der Waals surface area contributed by atoms with Crippen molar-refractivity contribution in [3.8, 4) is 0 Å². The van der Waals surface area contributed by atoms with Crippen LogP contribution in [0.4, 0.5) is 5.69 Å². The first-order valence-electron chi connectivity index (χ1n) is 6.47. The molecule has 0 aliphatic heterocycles. The number of anilines is 1. The van der Waals surface area contributed by atoms with E-state index >= 15 is 0 Å². The monoisotopic (exact) mass is 261 g/mol. The highest BCUT2D eigenvalue weighted by Gasteiger charge is 2.05. The maximum atomic E-state index is 5.25. The Hall–Kier alpha value is -1.88. The molecule has 1 heterocycles. The van der Waals surface area contributed by atoms with Crippen LogP contribution >= 0.6 is 0 Å². The molecule has 0 aliphatic carbocycles. The van der Waals surface area contributed by atoms with Crippen molar-refractivity contribution in [2.24, 2.45) is 0 Å². The average Bonchev–Trinajstić information content (AvgIpc) is 2.86. The van der Waals surface area contributed by atoms with Crippen molar-refractivity contribution in [2.45, 2.75) is 26.8 Å². The second-order valence-corrected chi connectivity index (χ2v) is 4.27. The topological polar surface area (TPSA) is 60.2 Å². The Kier molecular flexibility index (Phi) is 4.92. The molecule has 0 bridgehead atoms. The second-order valence-electron chi connectivity index (χ2n) is 4.27. The first kappa shape index (κ1) is 13.5. The van der Waals surface area contributed by atoms with Crippen LogP contribution < -0.4 is 5.32 Å². The summed E-state index contributed by atoms with van der Waals surface area (Å²) in [6, 6.07) is 8.18. The van der Waals surface area contributed by atoms with E-state index in [4.69, 9.17) is 9.26 Å². The lowest BCUT2D eigenvalue weighted by Gasteiger charge is -2.02. The smallest absolute Gasteiger partial charge is 0.245 e. The Morgan fingerprint density at radius 3 is 2.79 bits per heavy atom. The highest BCUT2D eigenvalue weighted by atomic mass is 16.5. The quantitative estimate of drug-likeness (QED) is 0.776. The van der Waals surface area contributed by atoms with Gasteiger partial charge in [0, 0.05) is 18.7 Å². The summed E-state index contributed by atoms with van der Waals surface area (Å²) in [5.74, 6) is 1.28. The maximum absolute atomic E-state index is 5.25. The lowest BCUT2D eigenvalue weighted by atomic mass is 10.2. The Balaban J connectivity index is 1.81. The van der Waals surface area contributed by atoms with Crippen LogP contribution in [0.5, 0.6) is 0 Å². The highest BCUT2D eigenvalue weighted by molar-refractivity contribution is 5.44. The van der Waals surface area contributed by atoms with Crippen LogP contribution in [0.15, 0.2) is 28.8 Å². The van der Waals surface area contributed by atoms with Crippen LogP contribution in [0.25, 0.3) is 0 Å². The number of nitrogens with one attached hydrogen (secondary N) is 1. The summed E-state index contributed by atoms with van der Waals surface area (Å²) in [6.07, 6.45) is 0.682. The molecule has 0 spiro atoms. The molecule has 0 saturated carbocycles. The van der Waals surface area contributed by atoms with Gasteiger partial charge in [0.05, 0.1) is 13.2 Å². The molecule has 5 heteroatoms. The number of hydrogen-bond acceptors (Lipinski definition) is 5. The largest absolute Gasteiger partial charge is 0.381 e. The number of ether oxygens (including phenoxy) is 1. The molecule has 1 N–H and O–H groups in total. The van der Waals surface area contributed by atoms with Crippen LogP contribution in [0.1, 0.15) is 24.2 Å². The minimum Gasteiger partial charge on any atom is -0.381 e. The van der Waals surface area contributed by atoms with Crippen molar-refractivity contribution in [3.05, 3.63) is 41.5 Å². The number of hydrogen-bond donors (Lipinski definition) is 1. The number of benzene rings is 1. The van der Waals surface area contributed by atoms with Crippen molar-refractivity contribution >= 4 is 5.69 Å². The molecule has 1 aromatic carbocycles. The van der Waals surface area contributed by atoms with Gasteiger partial charge >= 0.3 is 0 Å². The molecule has 0 fully saturated rings. The van der Waals surface area contributed by atoms with E-state index in [0.29, 0.717) is 37.9 Å². The summed E-state index contributed by atoms with van der Waals surface area (Å²) < 4.78 is 10.4. The van der Waals surface area contributed by atoms with Gasteiger partial charge < -0.3 is 14.6 Å². The fourth-order valence-corrected chi connectivity index (χ4v) is 1.62. The zero-order chi connectivity index (χ0) is 13.5. The van der Waals surface area contributed by atoms with Crippen LogP contribution in [0.3, 0.4) is 0 Å². The standard InChI is InChI=1S/C14H19N3O2/c1-3-18-9-8-13-16-14(19-17-13)10-15-12-6-4-11(2)5-7-12/h4-7,15H,3,8-10H2,1-2H3. The van der Waals surface area contributed by atoms with Gasteiger partial charge in [-0.15, -0.1) is 0 Å². The van der Waals surface area contributed by atoms with Crippen molar-refractivity contribution in [1.29, 1.82) is 0 Å². The molecular formula is C14H19N3O2. The predicted molar refractivity (Wildman–Crippen MR) is 73.0 cm³/mol. The Labute approximate surface area is 113 Å². The fraction of sp³-hybridized carbons (Fsp3) is 0.429. The van der Waals surface area contributed by atoms with Crippen molar-refractivity contribution < 1.29 is 9.26 Å². The second kappa shape index (κ2) is 6.89.